The molecule has 0 radical (unpaired) electrons. The van der Waals surface area contributed by atoms with Crippen LogP contribution in [-0.2, 0) is 18.9 Å². The topological polar surface area (TPSA) is 37.3 Å². The Bertz CT molecular complexity index is 1040. The Hall–Kier alpha value is -2.49. The van der Waals surface area contributed by atoms with Crippen LogP contribution in [0.25, 0.3) is 0 Å². The summed E-state index contributed by atoms with van der Waals surface area (Å²) in [5, 5.41) is 1.93. The highest BCUT2D eigenvalue weighted by molar-refractivity contribution is 5.95. The van der Waals surface area contributed by atoms with Crippen LogP contribution >= 0.6 is 0 Å². The lowest BCUT2D eigenvalue weighted by atomic mass is 9.77. The standard InChI is InChI=1S/C26H31F6N3O/c1-17-23(24(36)33-35-9-3-2-4-10-35)8-11-34(17)16-18-6-5-7-19(12-18)20-13-21(25(27,28)29)15-22(14-20)26(30,31)32/h8,11,13-15,18-19H,2-7,9-10,12,16H2,1H3,(H,33,36). The second kappa shape index (κ2) is 10.5. The van der Waals surface area contributed by atoms with Crippen molar-refractivity contribution in [3.05, 3.63) is 58.4 Å². The van der Waals surface area contributed by atoms with Gasteiger partial charge in [0, 0.05) is 31.5 Å². The molecule has 2 aliphatic rings. The molecule has 0 bridgehead atoms. The molecule has 1 N–H and O–H groups in total. The number of carbonyl (C=O) groups excluding carboxylic acids is 1. The molecule has 1 amide bonds. The molecule has 2 fully saturated rings. The number of alkyl halides is 6. The van der Waals surface area contributed by atoms with E-state index in [1.54, 1.807) is 6.07 Å². The van der Waals surface area contributed by atoms with E-state index in [1.807, 2.05) is 22.7 Å². The zero-order chi connectivity index (χ0) is 26.1. The summed E-state index contributed by atoms with van der Waals surface area (Å²) in [5.41, 5.74) is 1.88. The molecule has 198 valence electrons. The minimum atomic E-state index is -4.85. The van der Waals surface area contributed by atoms with E-state index in [9.17, 15) is 31.1 Å². The Morgan fingerprint density at radius 1 is 0.944 bits per heavy atom. The van der Waals surface area contributed by atoms with E-state index in [-0.39, 0.29) is 29.4 Å². The van der Waals surface area contributed by atoms with Gasteiger partial charge in [-0.3, -0.25) is 10.2 Å². The highest BCUT2D eigenvalue weighted by Crippen LogP contribution is 2.42. The van der Waals surface area contributed by atoms with E-state index >= 15 is 0 Å². The minimum absolute atomic E-state index is 0.0803. The molecule has 36 heavy (non-hydrogen) atoms. The van der Waals surface area contributed by atoms with Crippen LogP contribution in [0.2, 0.25) is 0 Å². The average molecular weight is 516 g/mol. The van der Waals surface area contributed by atoms with Crippen molar-refractivity contribution in [1.29, 1.82) is 0 Å². The number of hydrogen-bond donors (Lipinski definition) is 1. The third kappa shape index (κ3) is 6.25. The number of aromatic nitrogens is 1. The van der Waals surface area contributed by atoms with Gasteiger partial charge in [0.2, 0.25) is 0 Å². The van der Waals surface area contributed by atoms with Crippen molar-refractivity contribution >= 4 is 5.91 Å². The number of carbonyl (C=O) groups is 1. The SMILES string of the molecule is Cc1c(C(=O)NN2CCCCC2)ccn1CC1CCCC(c2cc(C(F)(F)F)cc(C(F)(F)F)c2)C1. The van der Waals surface area contributed by atoms with Crippen molar-refractivity contribution in [2.24, 2.45) is 5.92 Å². The molecule has 4 rings (SSSR count). The van der Waals surface area contributed by atoms with Crippen LogP contribution in [0.15, 0.2) is 30.5 Å². The van der Waals surface area contributed by atoms with E-state index in [0.29, 0.717) is 24.9 Å². The molecule has 2 heterocycles. The van der Waals surface area contributed by atoms with Crippen LogP contribution in [0, 0.1) is 12.8 Å². The predicted octanol–water partition coefficient (Wildman–Crippen LogP) is 6.94. The van der Waals surface area contributed by atoms with Gasteiger partial charge in [-0.15, -0.1) is 0 Å². The molecule has 1 aromatic carbocycles. The van der Waals surface area contributed by atoms with Crippen molar-refractivity contribution in [1.82, 2.24) is 15.0 Å². The molecule has 2 atom stereocenters. The number of rotatable bonds is 5. The first-order valence-corrected chi connectivity index (χ1v) is 12.4. The van der Waals surface area contributed by atoms with E-state index < -0.39 is 23.5 Å². The minimum Gasteiger partial charge on any atom is -0.351 e. The van der Waals surface area contributed by atoms with Crippen molar-refractivity contribution in [2.75, 3.05) is 13.1 Å². The van der Waals surface area contributed by atoms with Gasteiger partial charge in [-0.05, 0) is 80.7 Å². The van der Waals surface area contributed by atoms with E-state index in [0.717, 1.165) is 63.0 Å². The van der Waals surface area contributed by atoms with E-state index in [1.165, 1.54) is 0 Å². The highest BCUT2D eigenvalue weighted by Gasteiger charge is 2.38. The lowest BCUT2D eigenvalue weighted by Gasteiger charge is -2.31. The summed E-state index contributed by atoms with van der Waals surface area (Å²) < 4.78 is 81.9. The molecule has 4 nitrogen and oxygen atoms in total. The van der Waals surface area contributed by atoms with Gasteiger partial charge in [-0.2, -0.15) is 26.3 Å². The van der Waals surface area contributed by atoms with Gasteiger partial charge >= 0.3 is 12.4 Å². The van der Waals surface area contributed by atoms with Gasteiger partial charge in [-0.25, -0.2) is 5.01 Å². The van der Waals surface area contributed by atoms with E-state index in [4.69, 9.17) is 0 Å². The summed E-state index contributed by atoms with van der Waals surface area (Å²) in [7, 11) is 0. The van der Waals surface area contributed by atoms with E-state index in [2.05, 4.69) is 5.43 Å². The van der Waals surface area contributed by atoms with Gasteiger partial charge in [0.1, 0.15) is 0 Å². The van der Waals surface area contributed by atoms with Gasteiger partial charge in [0.15, 0.2) is 0 Å². The Balaban J connectivity index is 1.47. The third-order valence-electron chi connectivity index (χ3n) is 7.42. The van der Waals surface area contributed by atoms with Crippen molar-refractivity contribution in [2.45, 2.75) is 76.7 Å². The molecule has 1 saturated carbocycles. The molecule has 10 heteroatoms. The second-order valence-corrected chi connectivity index (χ2v) is 10.0. The molecule has 1 saturated heterocycles. The first-order valence-electron chi connectivity index (χ1n) is 12.4. The van der Waals surface area contributed by atoms with Crippen molar-refractivity contribution < 1.29 is 31.1 Å². The Labute approximate surface area is 206 Å². The quantitative estimate of drug-likeness (QED) is 0.438. The zero-order valence-corrected chi connectivity index (χ0v) is 20.2. The Morgan fingerprint density at radius 2 is 1.58 bits per heavy atom. The number of nitrogens with zero attached hydrogens (tertiary/aromatic N) is 2. The number of halogens is 6. The molecule has 1 aromatic heterocycles. The maximum atomic E-state index is 13.3. The smallest absolute Gasteiger partial charge is 0.351 e. The van der Waals surface area contributed by atoms with Crippen LogP contribution in [0.4, 0.5) is 26.3 Å². The van der Waals surface area contributed by atoms with Gasteiger partial charge in [0.25, 0.3) is 5.91 Å². The predicted molar refractivity (Wildman–Crippen MR) is 123 cm³/mol. The fourth-order valence-electron chi connectivity index (χ4n) is 5.45. The number of benzene rings is 1. The fourth-order valence-corrected chi connectivity index (χ4v) is 5.45. The zero-order valence-electron chi connectivity index (χ0n) is 20.2. The number of amides is 1. The number of hydrogen-bond acceptors (Lipinski definition) is 2. The Kier molecular flexibility index (Phi) is 7.73. The van der Waals surface area contributed by atoms with Gasteiger partial charge < -0.3 is 4.57 Å². The van der Waals surface area contributed by atoms with Crippen molar-refractivity contribution in [3.8, 4) is 0 Å². The van der Waals surface area contributed by atoms with Crippen LogP contribution < -0.4 is 5.43 Å². The summed E-state index contributed by atoms with van der Waals surface area (Å²) in [6.07, 6.45) is -2.05. The summed E-state index contributed by atoms with van der Waals surface area (Å²) in [6.45, 7) is 4.05. The molecule has 1 aliphatic carbocycles. The lowest BCUT2D eigenvalue weighted by molar-refractivity contribution is -0.143. The van der Waals surface area contributed by atoms with Crippen LogP contribution in [0.5, 0.6) is 0 Å². The van der Waals surface area contributed by atoms with Crippen LogP contribution in [0.3, 0.4) is 0 Å². The van der Waals surface area contributed by atoms with Crippen LogP contribution in [-0.4, -0.2) is 28.6 Å². The third-order valence-corrected chi connectivity index (χ3v) is 7.42. The molecule has 2 unspecified atom stereocenters. The number of hydrazine groups is 1. The normalized spacial score (nSPS) is 22.0. The maximum absolute atomic E-state index is 13.3. The monoisotopic (exact) mass is 515 g/mol. The molecular formula is C26H31F6N3O. The molecule has 1 aliphatic heterocycles. The molecular weight excluding hydrogens is 484 g/mol. The number of nitrogens with one attached hydrogen (secondary N) is 1. The summed E-state index contributed by atoms with van der Waals surface area (Å²) >= 11 is 0. The summed E-state index contributed by atoms with van der Waals surface area (Å²) in [4.78, 5) is 12.8. The average Bonchev–Trinajstić information content (AvgIpc) is 3.18. The van der Waals surface area contributed by atoms with Gasteiger partial charge in [-0.1, -0.05) is 12.8 Å². The van der Waals surface area contributed by atoms with Crippen LogP contribution in [0.1, 0.15) is 83.6 Å². The Morgan fingerprint density at radius 3 is 2.19 bits per heavy atom. The first-order chi connectivity index (χ1) is 16.9. The molecule has 0 spiro atoms. The lowest BCUT2D eigenvalue weighted by Crippen LogP contribution is -2.45. The summed E-state index contributed by atoms with van der Waals surface area (Å²) in [6, 6.07) is 3.68. The second-order valence-electron chi connectivity index (χ2n) is 10.0. The highest BCUT2D eigenvalue weighted by atomic mass is 19.4. The van der Waals surface area contributed by atoms with Gasteiger partial charge in [0.05, 0.1) is 16.7 Å². The fraction of sp³-hybridized carbons (Fsp3) is 0.577. The summed E-state index contributed by atoms with van der Waals surface area (Å²) in [5.74, 6) is -0.472. The first kappa shape index (κ1) is 26.6. The largest absolute Gasteiger partial charge is 0.416 e. The molecule has 2 aromatic rings. The maximum Gasteiger partial charge on any atom is 0.416 e. The number of piperidine rings is 1. The van der Waals surface area contributed by atoms with Crippen molar-refractivity contribution in [3.63, 3.8) is 0 Å².